The summed E-state index contributed by atoms with van der Waals surface area (Å²) in [4.78, 5) is 9.97. The molecule has 0 fully saturated rings. The molecule has 0 aliphatic heterocycles. The SMILES string of the molecule is O=C(OC(F)Cl)OC(F)Cl. The zero-order valence-electron chi connectivity index (χ0n) is 4.39. The fourth-order valence-corrected chi connectivity index (χ4v) is 0.319. The van der Waals surface area contributed by atoms with E-state index in [0.29, 0.717) is 0 Å². The Hall–Kier alpha value is -0.290. The molecule has 10 heavy (non-hydrogen) atoms. The van der Waals surface area contributed by atoms with Gasteiger partial charge in [0, 0.05) is 0 Å². The van der Waals surface area contributed by atoms with Gasteiger partial charge < -0.3 is 9.47 Å². The number of ether oxygens (including phenoxy) is 2. The first kappa shape index (κ1) is 9.71. The van der Waals surface area contributed by atoms with Crippen molar-refractivity contribution in [3.8, 4) is 0 Å². The van der Waals surface area contributed by atoms with E-state index < -0.39 is 17.8 Å². The van der Waals surface area contributed by atoms with Crippen LogP contribution < -0.4 is 0 Å². The second-order valence-electron chi connectivity index (χ2n) is 1.01. The van der Waals surface area contributed by atoms with Gasteiger partial charge in [-0.3, -0.25) is 0 Å². The molecule has 0 aliphatic carbocycles. The first-order chi connectivity index (χ1) is 4.52. The minimum atomic E-state index is -2.36. The van der Waals surface area contributed by atoms with Crippen LogP contribution >= 0.6 is 23.2 Å². The lowest BCUT2D eigenvalue weighted by molar-refractivity contribution is -0.0231. The van der Waals surface area contributed by atoms with Crippen molar-refractivity contribution in [2.45, 2.75) is 11.6 Å². The molecule has 0 radical (unpaired) electrons. The van der Waals surface area contributed by atoms with Crippen molar-refractivity contribution >= 4 is 29.4 Å². The van der Waals surface area contributed by atoms with Crippen LogP contribution in [0.1, 0.15) is 0 Å². The summed E-state index contributed by atoms with van der Waals surface area (Å²) >= 11 is 9.00. The van der Waals surface area contributed by atoms with Crippen LogP contribution in [0.3, 0.4) is 0 Å². The molecule has 0 N–H and O–H groups in total. The number of carbonyl (C=O) groups is 1. The maximum absolute atomic E-state index is 11.5. The summed E-state index contributed by atoms with van der Waals surface area (Å²) in [5, 5.41) is 0. The van der Waals surface area contributed by atoms with E-state index >= 15 is 0 Å². The molecule has 0 aromatic heterocycles. The van der Waals surface area contributed by atoms with E-state index in [-0.39, 0.29) is 0 Å². The summed E-state index contributed by atoms with van der Waals surface area (Å²) in [5.41, 5.74) is 0. The topological polar surface area (TPSA) is 35.5 Å². The van der Waals surface area contributed by atoms with Crippen molar-refractivity contribution in [1.29, 1.82) is 0 Å². The van der Waals surface area contributed by atoms with Crippen LogP contribution in [0.4, 0.5) is 13.6 Å². The number of halogens is 4. The maximum Gasteiger partial charge on any atom is 0.515 e. The van der Waals surface area contributed by atoms with E-state index in [2.05, 4.69) is 32.7 Å². The summed E-state index contributed by atoms with van der Waals surface area (Å²) in [6.45, 7) is 0. The summed E-state index contributed by atoms with van der Waals surface area (Å²) < 4.78 is 29.9. The Bertz CT molecular complexity index is 106. The molecule has 3 nitrogen and oxygen atoms in total. The minimum Gasteiger partial charge on any atom is -0.385 e. The molecule has 2 unspecified atom stereocenters. The first-order valence-corrected chi connectivity index (χ1v) is 2.83. The third kappa shape index (κ3) is 5.84. The van der Waals surface area contributed by atoms with Crippen molar-refractivity contribution in [3.05, 3.63) is 0 Å². The molecular weight excluding hydrogens is 193 g/mol. The van der Waals surface area contributed by atoms with E-state index in [4.69, 9.17) is 0 Å². The molecule has 0 rings (SSSR count). The second kappa shape index (κ2) is 4.51. The molecule has 60 valence electrons. The van der Waals surface area contributed by atoms with Crippen molar-refractivity contribution in [2.75, 3.05) is 0 Å². The third-order valence-electron chi connectivity index (χ3n) is 0.371. The van der Waals surface area contributed by atoms with Crippen LogP contribution in [0.15, 0.2) is 0 Å². The highest BCUT2D eigenvalue weighted by Gasteiger charge is 2.14. The Morgan fingerprint density at radius 1 is 1.20 bits per heavy atom. The highest BCUT2D eigenvalue weighted by molar-refractivity contribution is 6.19. The zero-order chi connectivity index (χ0) is 8.15. The Morgan fingerprint density at radius 2 is 1.50 bits per heavy atom. The molecule has 0 amide bonds. The van der Waals surface area contributed by atoms with Gasteiger partial charge in [0.15, 0.2) is 0 Å². The monoisotopic (exact) mass is 194 g/mol. The first-order valence-electron chi connectivity index (χ1n) is 1.96. The van der Waals surface area contributed by atoms with Crippen LogP contribution in [0.25, 0.3) is 0 Å². The van der Waals surface area contributed by atoms with Crippen molar-refractivity contribution < 1.29 is 23.0 Å². The zero-order valence-corrected chi connectivity index (χ0v) is 5.90. The van der Waals surface area contributed by atoms with Crippen LogP contribution in [-0.2, 0) is 9.47 Å². The number of hydrogen-bond acceptors (Lipinski definition) is 3. The Kier molecular flexibility index (Phi) is 4.38. The molecule has 0 aromatic rings. The van der Waals surface area contributed by atoms with Gasteiger partial charge in [-0.2, -0.15) is 8.78 Å². The van der Waals surface area contributed by atoms with Crippen LogP contribution in [0.5, 0.6) is 0 Å². The summed E-state index contributed by atoms with van der Waals surface area (Å²) in [5.74, 6) is -4.72. The summed E-state index contributed by atoms with van der Waals surface area (Å²) in [7, 11) is 0. The molecule has 0 spiro atoms. The van der Waals surface area contributed by atoms with Crippen LogP contribution in [-0.4, -0.2) is 17.8 Å². The van der Waals surface area contributed by atoms with E-state index in [9.17, 15) is 13.6 Å². The lowest BCUT2D eigenvalue weighted by Gasteiger charge is -2.03. The summed E-state index contributed by atoms with van der Waals surface area (Å²) in [6, 6.07) is 0. The number of carbonyl (C=O) groups excluding carboxylic acids is 1. The van der Waals surface area contributed by atoms with Gasteiger partial charge in [0.2, 0.25) is 0 Å². The fraction of sp³-hybridized carbons (Fsp3) is 0.667. The van der Waals surface area contributed by atoms with Crippen LogP contribution in [0.2, 0.25) is 0 Å². The smallest absolute Gasteiger partial charge is 0.385 e. The predicted molar refractivity (Wildman–Crippen MR) is 29.1 cm³/mol. The van der Waals surface area contributed by atoms with Gasteiger partial charge in [-0.15, -0.1) is 0 Å². The van der Waals surface area contributed by atoms with E-state index in [1.165, 1.54) is 0 Å². The quantitative estimate of drug-likeness (QED) is 0.500. The highest BCUT2D eigenvalue weighted by Crippen LogP contribution is 2.05. The predicted octanol–water partition coefficient (Wildman–Crippen LogP) is 2.12. The molecule has 0 aromatic carbocycles. The van der Waals surface area contributed by atoms with Gasteiger partial charge in [0.1, 0.15) is 0 Å². The number of alkyl halides is 4. The minimum absolute atomic E-state index is 1.61. The van der Waals surface area contributed by atoms with Crippen molar-refractivity contribution in [3.63, 3.8) is 0 Å². The number of rotatable bonds is 2. The molecule has 0 saturated heterocycles. The molecule has 0 aliphatic rings. The average Bonchev–Trinajstić information content (AvgIpc) is 1.58. The maximum atomic E-state index is 11.5. The molecule has 0 bridgehead atoms. The molecule has 2 atom stereocenters. The lowest BCUT2D eigenvalue weighted by atomic mass is 11.3. The van der Waals surface area contributed by atoms with E-state index in [1.54, 1.807) is 0 Å². The molecule has 7 heteroatoms. The molecule has 0 heterocycles. The normalized spacial score (nSPS) is 15.6. The van der Waals surface area contributed by atoms with E-state index in [0.717, 1.165) is 0 Å². The van der Waals surface area contributed by atoms with Crippen molar-refractivity contribution in [2.24, 2.45) is 0 Å². The summed E-state index contributed by atoms with van der Waals surface area (Å²) in [6.07, 6.45) is -1.61. The van der Waals surface area contributed by atoms with Crippen molar-refractivity contribution in [1.82, 2.24) is 0 Å². The lowest BCUT2D eigenvalue weighted by Crippen LogP contribution is -2.13. The Balaban J connectivity index is 3.44. The molecular formula is C3H2Cl2F2O3. The Morgan fingerprint density at radius 3 is 1.70 bits per heavy atom. The number of hydrogen-bond donors (Lipinski definition) is 0. The van der Waals surface area contributed by atoms with Gasteiger partial charge in [0.05, 0.1) is 0 Å². The Labute approximate surface area is 64.8 Å². The highest BCUT2D eigenvalue weighted by atomic mass is 35.5. The van der Waals surface area contributed by atoms with Crippen LogP contribution in [0, 0.1) is 0 Å². The molecule has 0 saturated carbocycles. The standard InChI is InChI=1S/C3H2Cl2F2O3/c4-1(6)9-3(8)10-2(5)7/h1-2H. The fourth-order valence-electron chi connectivity index (χ4n) is 0.173. The largest absolute Gasteiger partial charge is 0.515 e. The van der Waals surface area contributed by atoms with Gasteiger partial charge >= 0.3 is 17.8 Å². The second-order valence-corrected chi connectivity index (χ2v) is 1.69. The average molecular weight is 195 g/mol. The van der Waals surface area contributed by atoms with E-state index in [1.807, 2.05) is 0 Å². The van der Waals surface area contributed by atoms with Gasteiger partial charge in [-0.25, -0.2) is 4.79 Å². The van der Waals surface area contributed by atoms with Gasteiger partial charge in [-0.05, 0) is 23.2 Å². The van der Waals surface area contributed by atoms with Gasteiger partial charge in [0.25, 0.3) is 0 Å². The third-order valence-corrected chi connectivity index (χ3v) is 0.549. The van der Waals surface area contributed by atoms with Gasteiger partial charge in [-0.1, -0.05) is 0 Å².